The van der Waals surface area contributed by atoms with Gasteiger partial charge >= 0.3 is 0 Å². The highest BCUT2D eigenvalue weighted by Crippen LogP contribution is 2.69. The van der Waals surface area contributed by atoms with E-state index in [-0.39, 0.29) is 24.2 Å². The van der Waals surface area contributed by atoms with E-state index < -0.39 is 17.8 Å². The van der Waals surface area contributed by atoms with Crippen LogP contribution in [0.15, 0.2) is 12.1 Å². The number of rotatable bonds is 0. The first-order valence-corrected chi connectivity index (χ1v) is 8.35. The molecule has 3 N–H and O–H groups in total. The molecule has 3 heterocycles. The third-order valence-corrected chi connectivity index (χ3v) is 7.00. The van der Waals surface area contributed by atoms with Gasteiger partial charge in [-0.2, -0.15) is 0 Å². The number of β-amino-alcohol motifs (C(OH)–C–C–N with tert-alkyl or cyclic N) is 1. The van der Waals surface area contributed by atoms with Crippen molar-refractivity contribution in [3.05, 3.63) is 23.3 Å². The van der Waals surface area contributed by atoms with Crippen molar-refractivity contribution < 1.29 is 24.8 Å². The maximum Gasteiger partial charge on any atom is 0.231 e. The quantitative estimate of drug-likeness (QED) is 0.620. The number of aliphatic hydroxyl groups is 3. The van der Waals surface area contributed by atoms with Crippen molar-refractivity contribution in [1.82, 2.24) is 4.90 Å². The van der Waals surface area contributed by atoms with E-state index in [9.17, 15) is 15.3 Å². The molecule has 0 amide bonds. The molecule has 23 heavy (non-hydrogen) atoms. The summed E-state index contributed by atoms with van der Waals surface area (Å²) < 4.78 is 11.0. The van der Waals surface area contributed by atoms with Gasteiger partial charge in [0.2, 0.25) is 6.79 Å². The SMILES string of the molecule is O[C@@H]1[C@H](O)C2[C@@]3(O)CN4CCC[C@@]24[C@H]1c1cc2c(cc13)OCO2. The van der Waals surface area contributed by atoms with Crippen molar-refractivity contribution in [3.63, 3.8) is 0 Å². The molecule has 1 aromatic carbocycles. The average molecular weight is 317 g/mol. The molecule has 0 aromatic heterocycles. The molecule has 1 aromatic rings. The molecule has 6 nitrogen and oxygen atoms in total. The lowest BCUT2D eigenvalue weighted by Crippen LogP contribution is -2.51. The number of fused-ring (bicyclic) bond motifs is 4. The zero-order valence-electron chi connectivity index (χ0n) is 12.6. The standard InChI is InChI=1S/C17H19NO5/c19-13-12-8-4-10-11(23-7-22-10)5-9(8)17(21)6-18-3-1-2-16(12,18)15(17)14(13)20/h4-5,12-15,19-21H,1-3,6-7H2/t12-,13-,14-,15?,16+,17+/m0/s1. The smallest absolute Gasteiger partial charge is 0.231 e. The van der Waals surface area contributed by atoms with Gasteiger partial charge in [0, 0.05) is 23.9 Å². The highest BCUT2D eigenvalue weighted by atomic mass is 16.7. The van der Waals surface area contributed by atoms with E-state index in [0.717, 1.165) is 30.5 Å². The van der Waals surface area contributed by atoms with Gasteiger partial charge in [-0.1, -0.05) is 0 Å². The first-order valence-electron chi connectivity index (χ1n) is 8.35. The van der Waals surface area contributed by atoms with Crippen molar-refractivity contribution >= 4 is 0 Å². The van der Waals surface area contributed by atoms with E-state index in [1.807, 2.05) is 12.1 Å². The van der Waals surface area contributed by atoms with Crippen LogP contribution >= 0.6 is 0 Å². The molecule has 1 spiro atoms. The largest absolute Gasteiger partial charge is 0.454 e. The summed E-state index contributed by atoms with van der Waals surface area (Å²) >= 11 is 0. The number of hydrogen-bond acceptors (Lipinski definition) is 6. The summed E-state index contributed by atoms with van der Waals surface area (Å²) in [5.74, 6) is 0.783. The molecule has 0 radical (unpaired) electrons. The molecule has 3 aliphatic heterocycles. The predicted octanol–water partition coefficient (Wildman–Crippen LogP) is -0.100. The van der Waals surface area contributed by atoms with Crippen LogP contribution in [0.25, 0.3) is 0 Å². The molecule has 6 atom stereocenters. The van der Waals surface area contributed by atoms with Crippen molar-refractivity contribution in [2.24, 2.45) is 5.92 Å². The van der Waals surface area contributed by atoms with Crippen LogP contribution in [-0.2, 0) is 5.60 Å². The molecule has 122 valence electrons. The Morgan fingerprint density at radius 3 is 2.74 bits per heavy atom. The van der Waals surface area contributed by atoms with Gasteiger partial charge in [-0.3, -0.25) is 4.90 Å². The van der Waals surface area contributed by atoms with Gasteiger partial charge in [0.25, 0.3) is 0 Å². The second-order valence-electron chi connectivity index (χ2n) is 7.67. The highest BCUT2D eigenvalue weighted by molar-refractivity contribution is 5.58. The summed E-state index contributed by atoms with van der Waals surface area (Å²) in [7, 11) is 0. The van der Waals surface area contributed by atoms with E-state index in [1.165, 1.54) is 0 Å². The van der Waals surface area contributed by atoms with E-state index in [2.05, 4.69) is 4.90 Å². The van der Waals surface area contributed by atoms with Crippen LogP contribution in [0.3, 0.4) is 0 Å². The molecule has 5 aliphatic rings. The van der Waals surface area contributed by atoms with Gasteiger partial charge in [-0.05, 0) is 42.6 Å². The van der Waals surface area contributed by atoms with Crippen molar-refractivity contribution in [3.8, 4) is 11.5 Å². The van der Waals surface area contributed by atoms with Crippen LogP contribution in [0.5, 0.6) is 11.5 Å². The molecule has 6 rings (SSSR count). The molecule has 3 fully saturated rings. The van der Waals surface area contributed by atoms with Crippen molar-refractivity contribution in [2.45, 2.75) is 42.1 Å². The zero-order valence-corrected chi connectivity index (χ0v) is 12.6. The summed E-state index contributed by atoms with van der Waals surface area (Å²) in [5.41, 5.74) is 0.257. The first-order chi connectivity index (χ1) is 11.1. The minimum Gasteiger partial charge on any atom is -0.454 e. The third kappa shape index (κ3) is 1.16. The second kappa shape index (κ2) is 3.67. The summed E-state index contributed by atoms with van der Waals surface area (Å²) in [6, 6.07) is 3.77. The van der Waals surface area contributed by atoms with Crippen LogP contribution in [0.4, 0.5) is 0 Å². The molecular weight excluding hydrogens is 298 g/mol. The van der Waals surface area contributed by atoms with Crippen LogP contribution in [0, 0.1) is 5.92 Å². The third-order valence-electron chi connectivity index (χ3n) is 7.00. The minimum atomic E-state index is -1.13. The van der Waals surface area contributed by atoms with E-state index in [0.29, 0.717) is 18.0 Å². The van der Waals surface area contributed by atoms with Gasteiger partial charge in [0.05, 0.1) is 12.2 Å². The molecule has 2 aliphatic carbocycles. The number of aliphatic hydroxyl groups excluding tert-OH is 2. The van der Waals surface area contributed by atoms with Crippen molar-refractivity contribution in [1.29, 1.82) is 0 Å². The maximum atomic E-state index is 11.6. The number of ether oxygens (including phenoxy) is 2. The van der Waals surface area contributed by atoms with E-state index in [1.54, 1.807) is 0 Å². The Balaban J connectivity index is 1.69. The topological polar surface area (TPSA) is 82.4 Å². The van der Waals surface area contributed by atoms with Gasteiger partial charge in [-0.25, -0.2) is 0 Å². The Morgan fingerprint density at radius 1 is 1.13 bits per heavy atom. The van der Waals surface area contributed by atoms with Gasteiger partial charge in [0.15, 0.2) is 11.5 Å². The number of hydrogen-bond donors (Lipinski definition) is 3. The van der Waals surface area contributed by atoms with Gasteiger partial charge < -0.3 is 24.8 Å². The normalized spacial score (nSPS) is 48.7. The lowest BCUT2D eigenvalue weighted by molar-refractivity contribution is -0.0707. The summed E-state index contributed by atoms with van der Waals surface area (Å²) in [6.07, 6.45) is 0.195. The Labute approximate surface area is 133 Å². The van der Waals surface area contributed by atoms with Crippen LogP contribution in [0.1, 0.15) is 29.9 Å². The Bertz CT molecular complexity index is 738. The van der Waals surface area contributed by atoms with Crippen LogP contribution in [0.2, 0.25) is 0 Å². The summed E-state index contributed by atoms with van der Waals surface area (Å²) in [4.78, 5) is 2.30. The minimum absolute atomic E-state index is 0.183. The molecule has 1 unspecified atom stereocenters. The Hall–Kier alpha value is -1.34. The fraction of sp³-hybridized carbons (Fsp3) is 0.647. The first kappa shape index (κ1) is 13.0. The highest BCUT2D eigenvalue weighted by Gasteiger charge is 2.77. The average Bonchev–Trinajstić information content (AvgIpc) is 3.19. The fourth-order valence-corrected chi connectivity index (χ4v) is 6.41. The number of benzene rings is 1. The summed E-state index contributed by atoms with van der Waals surface area (Å²) in [6.45, 7) is 1.62. The maximum absolute atomic E-state index is 11.6. The van der Waals surface area contributed by atoms with E-state index in [4.69, 9.17) is 9.47 Å². The Morgan fingerprint density at radius 2 is 1.91 bits per heavy atom. The van der Waals surface area contributed by atoms with E-state index >= 15 is 0 Å². The zero-order chi connectivity index (χ0) is 15.6. The lowest BCUT2D eigenvalue weighted by Gasteiger charge is -2.44. The van der Waals surface area contributed by atoms with Crippen LogP contribution < -0.4 is 9.47 Å². The molecule has 2 saturated heterocycles. The number of nitrogens with zero attached hydrogens (tertiary/aromatic N) is 1. The van der Waals surface area contributed by atoms with Crippen LogP contribution in [-0.4, -0.2) is 57.8 Å². The van der Waals surface area contributed by atoms with Crippen molar-refractivity contribution in [2.75, 3.05) is 19.9 Å². The molecular formula is C17H19NO5. The molecule has 1 saturated carbocycles. The molecule has 6 heteroatoms. The fourth-order valence-electron chi connectivity index (χ4n) is 6.41. The predicted molar refractivity (Wildman–Crippen MR) is 78.2 cm³/mol. The summed E-state index contributed by atoms with van der Waals surface area (Å²) in [5, 5.41) is 33.1. The van der Waals surface area contributed by atoms with Gasteiger partial charge in [0.1, 0.15) is 5.60 Å². The second-order valence-corrected chi connectivity index (χ2v) is 7.67. The monoisotopic (exact) mass is 317 g/mol. The van der Waals surface area contributed by atoms with Gasteiger partial charge in [-0.15, -0.1) is 0 Å². The lowest BCUT2D eigenvalue weighted by atomic mass is 9.64. The molecule has 4 bridgehead atoms. The Kier molecular flexibility index (Phi) is 2.07.